The first-order valence-corrected chi connectivity index (χ1v) is 15.6. The molecular weight excluding hydrogens is 563 g/mol. The second-order valence-electron chi connectivity index (χ2n) is 11.8. The summed E-state index contributed by atoms with van der Waals surface area (Å²) in [5.74, 6) is 0.569. The molecule has 1 saturated heterocycles. The van der Waals surface area contributed by atoms with E-state index in [-0.39, 0.29) is 12.1 Å². The van der Waals surface area contributed by atoms with E-state index in [4.69, 9.17) is 4.98 Å². The standard InChI is InChI=1S/C35H42F3N5O/c1-26-32(41-33(40-26)29-15-17-30(18-16-29)35(36,37)38)25-42-21-19-31(20-22-42)43(24-28-13-9-6-10-14-28)34(44)39-23-27-11-7-4-2-3-5-8-12-27/h2-4,7,9,11,13-18,31H,5-6,8,10,12,19-25H2,1H3,(H,39,44)(H,40,41)/b3-2-,7-4-,27-11+. The Hall–Kier alpha value is -3.85. The SMILES string of the molecule is Cc1[nH]c(-c2ccc(C(F)(F)F)cc2)nc1CN1CCC(N(CC2=CCCC=C2)C(=O)NC/C2=C/C=C\C=C/CCC2)CC1. The third-order valence-electron chi connectivity index (χ3n) is 8.55. The number of imidazole rings is 1. The summed E-state index contributed by atoms with van der Waals surface area (Å²) in [4.78, 5) is 26.0. The van der Waals surface area contributed by atoms with Crippen molar-refractivity contribution in [1.82, 2.24) is 25.1 Å². The Morgan fingerprint density at radius 2 is 1.86 bits per heavy atom. The molecule has 0 bridgehead atoms. The highest BCUT2D eigenvalue weighted by Gasteiger charge is 2.31. The fourth-order valence-corrected chi connectivity index (χ4v) is 5.95. The number of H-pyrrole nitrogens is 1. The normalized spacial score (nSPS) is 20.9. The summed E-state index contributed by atoms with van der Waals surface area (Å²) in [6.45, 7) is 5.40. The van der Waals surface area contributed by atoms with Gasteiger partial charge in [0, 0.05) is 50.0 Å². The molecule has 5 rings (SSSR count). The first kappa shape index (κ1) is 31.6. The number of alkyl halides is 3. The number of benzene rings is 1. The van der Waals surface area contributed by atoms with Crippen molar-refractivity contribution in [3.8, 4) is 11.4 Å². The number of aromatic nitrogens is 2. The van der Waals surface area contributed by atoms with Crippen molar-refractivity contribution in [2.45, 2.75) is 70.6 Å². The van der Waals surface area contributed by atoms with Gasteiger partial charge in [0.2, 0.25) is 0 Å². The van der Waals surface area contributed by atoms with Crippen LogP contribution >= 0.6 is 0 Å². The van der Waals surface area contributed by atoms with Gasteiger partial charge in [0.25, 0.3) is 0 Å². The number of nitrogens with one attached hydrogen (secondary N) is 2. The summed E-state index contributed by atoms with van der Waals surface area (Å²) in [5, 5.41) is 3.22. The molecule has 6 nitrogen and oxygen atoms in total. The van der Waals surface area contributed by atoms with Crippen LogP contribution in [-0.2, 0) is 12.7 Å². The van der Waals surface area contributed by atoms with Gasteiger partial charge in [-0.25, -0.2) is 9.78 Å². The molecule has 2 N–H and O–H groups in total. The van der Waals surface area contributed by atoms with Crippen LogP contribution in [0, 0.1) is 6.92 Å². The van der Waals surface area contributed by atoms with E-state index in [1.807, 2.05) is 24.0 Å². The van der Waals surface area contributed by atoms with Gasteiger partial charge in [-0.05, 0) is 69.6 Å². The summed E-state index contributed by atoms with van der Waals surface area (Å²) < 4.78 is 38.9. The van der Waals surface area contributed by atoms with E-state index in [0.29, 0.717) is 31.0 Å². The largest absolute Gasteiger partial charge is 0.416 e. The lowest BCUT2D eigenvalue weighted by Crippen LogP contribution is -2.51. The van der Waals surface area contributed by atoms with E-state index >= 15 is 0 Å². The van der Waals surface area contributed by atoms with Crippen LogP contribution < -0.4 is 5.32 Å². The second-order valence-corrected chi connectivity index (χ2v) is 11.8. The van der Waals surface area contributed by atoms with Gasteiger partial charge >= 0.3 is 12.2 Å². The Morgan fingerprint density at radius 3 is 2.59 bits per heavy atom. The fraction of sp³-hybridized carbons (Fsp3) is 0.429. The van der Waals surface area contributed by atoms with Gasteiger partial charge in [-0.2, -0.15) is 13.2 Å². The van der Waals surface area contributed by atoms with Gasteiger partial charge < -0.3 is 15.2 Å². The average Bonchev–Trinajstić information content (AvgIpc) is 3.45. The number of hydrogen-bond donors (Lipinski definition) is 2. The molecule has 2 amide bonds. The Balaban J connectivity index is 1.20. The van der Waals surface area contributed by atoms with E-state index in [2.05, 4.69) is 51.7 Å². The Morgan fingerprint density at radius 1 is 1.07 bits per heavy atom. The molecule has 0 unspecified atom stereocenters. The summed E-state index contributed by atoms with van der Waals surface area (Å²) in [7, 11) is 0. The molecule has 2 aliphatic carbocycles. The van der Waals surface area contributed by atoms with E-state index in [0.717, 1.165) is 81.6 Å². The first-order valence-electron chi connectivity index (χ1n) is 15.6. The molecule has 0 atom stereocenters. The minimum Gasteiger partial charge on any atom is -0.342 e. The molecule has 44 heavy (non-hydrogen) atoms. The lowest BCUT2D eigenvalue weighted by atomic mass is 10.0. The highest BCUT2D eigenvalue weighted by Crippen LogP contribution is 2.31. The summed E-state index contributed by atoms with van der Waals surface area (Å²) in [6.07, 6.45) is 19.5. The van der Waals surface area contributed by atoms with Crippen molar-refractivity contribution in [1.29, 1.82) is 0 Å². The number of allylic oxidation sites excluding steroid dienone is 7. The third-order valence-corrected chi connectivity index (χ3v) is 8.55. The zero-order valence-electron chi connectivity index (χ0n) is 25.4. The maximum Gasteiger partial charge on any atom is 0.416 e. The van der Waals surface area contributed by atoms with Gasteiger partial charge in [-0.3, -0.25) is 4.90 Å². The van der Waals surface area contributed by atoms with Gasteiger partial charge in [-0.15, -0.1) is 0 Å². The zero-order valence-corrected chi connectivity index (χ0v) is 25.4. The number of carbonyl (C=O) groups is 1. The zero-order chi connectivity index (χ0) is 30.9. The van der Waals surface area contributed by atoms with Crippen LogP contribution in [0.25, 0.3) is 11.4 Å². The van der Waals surface area contributed by atoms with Gasteiger partial charge in [0.15, 0.2) is 0 Å². The first-order chi connectivity index (χ1) is 21.3. The van der Waals surface area contributed by atoms with Crippen LogP contribution in [0.5, 0.6) is 0 Å². The maximum absolute atomic E-state index is 13.6. The minimum atomic E-state index is -4.37. The number of nitrogens with zero attached hydrogens (tertiary/aromatic N) is 3. The smallest absolute Gasteiger partial charge is 0.342 e. The summed E-state index contributed by atoms with van der Waals surface area (Å²) in [5.41, 5.74) is 4.16. The Bertz CT molecular complexity index is 1420. The number of likely N-dealkylation sites (tertiary alicyclic amines) is 1. The second kappa shape index (κ2) is 14.8. The molecule has 2 aromatic rings. The molecule has 9 heteroatoms. The number of urea groups is 1. The van der Waals surface area contributed by atoms with Crippen molar-refractivity contribution in [2.24, 2.45) is 0 Å². The number of hydrogen-bond acceptors (Lipinski definition) is 3. The molecule has 1 aliphatic heterocycles. The number of aromatic amines is 1. The van der Waals surface area contributed by atoms with Gasteiger partial charge in [-0.1, -0.05) is 66.3 Å². The number of rotatable bonds is 8. The van der Waals surface area contributed by atoms with Crippen LogP contribution in [0.3, 0.4) is 0 Å². The molecule has 3 aliphatic rings. The molecule has 1 aromatic carbocycles. The number of carbonyl (C=O) groups excluding carboxylic acids is 1. The predicted molar refractivity (Wildman–Crippen MR) is 169 cm³/mol. The Kier molecular flexibility index (Phi) is 10.6. The number of aryl methyl sites for hydroxylation is 1. The molecule has 0 saturated carbocycles. The molecule has 1 aromatic heterocycles. The minimum absolute atomic E-state index is 0.0180. The van der Waals surface area contributed by atoms with Crippen LogP contribution in [-0.4, -0.2) is 58.0 Å². The van der Waals surface area contributed by atoms with Crippen LogP contribution in [0.1, 0.15) is 61.9 Å². The number of amides is 2. The molecule has 2 heterocycles. The highest BCUT2D eigenvalue weighted by molar-refractivity contribution is 5.75. The lowest BCUT2D eigenvalue weighted by molar-refractivity contribution is -0.137. The summed E-state index contributed by atoms with van der Waals surface area (Å²) >= 11 is 0. The van der Waals surface area contributed by atoms with Crippen molar-refractivity contribution < 1.29 is 18.0 Å². The van der Waals surface area contributed by atoms with Gasteiger partial charge in [0.1, 0.15) is 5.82 Å². The van der Waals surface area contributed by atoms with Crippen LogP contribution in [0.15, 0.2) is 84.0 Å². The van der Waals surface area contributed by atoms with Crippen molar-refractivity contribution in [3.63, 3.8) is 0 Å². The van der Waals surface area contributed by atoms with Crippen LogP contribution in [0.4, 0.5) is 18.0 Å². The van der Waals surface area contributed by atoms with E-state index in [1.165, 1.54) is 23.3 Å². The van der Waals surface area contributed by atoms with Crippen molar-refractivity contribution in [3.05, 3.63) is 101 Å². The van der Waals surface area contributed by atoms with E-state index in [1.54, 1.807) is 0 Å². The number of halogens is 3. The molecule has 234 valence electrons. The van der Waals surface area contributed by atoms with Gasteiger partial charge in [0.05, 0.1) is 11.3 Å². The molecule has 0 radical (unpaired) electrons. The maximum atomic E-state index is 13.6. The van der Waals surface area contributed by atoms with E-state index in [9.17, 15) is 18.0 Å². The van der Waals surface area contributed by atoms with Crippen molar-refractivity contribution in [2.75, 3.05) is 26.2 Å². The molecular formula is C35H42F3N5O. The summed E-state index contributed by atoms with van der Waals surface area (Å²) in [6, 6.07) is 5.19. The van der Waals surface area contributed by atoms with Crippen LogP contribution in [0.2, 0.25) is 0 Å². The quantitative estimate of drug-likeness (QED) is 0.322. The topological polar surface area (TPSA) is 64.3 Å². The average molecular weight is 606 g/mol. The van der Waals surface area contributed by atoms with E-state index < -0.39 is 11.7 Å². The monoisotopic (exact) mass is 605 g/mol. The highest BCUT2D eigenvalue weighted by atomic mass is 19.4. The molecule has 0 spiro atoms. The number of piperidine rings is 1. The Labute approximate surface area is 258 Å². The lowest BCUT2D eigenvalue weighted by Gasteiger charge is -2.39. The van der Waals surface area contributed by atoms with Crippen molar-refractivity contribution >= 4 is 6.03 Å². The third kappa shape index (κ3) is 8.62. The predicted octanol–water partition coefficient (Wildman–Crippen LogP) is 7.88. The molecule has 1 fully saturated rings. The fourth-order valence-electron chi connectivity index (χ4n) is 5.95.